The van der Waals surface area contributed by atoms with Crippen molar-refractivity contribution in [2.24, 2.45) is 11.3 Å². The Kier molecular flexibility index (Phi) is 7.25. The van der Waals surface area contributed by atoms with Gasteiger partial charge in [0, 0.05) is 26.7 Å². The molecule has 0 aromatic heterocycles. The SMILES string of the molecule is CCN(CC)N(C)CC(C)CC(C)(C)CC. The van der Waals surface area contributed by atoms with Gasteiger partial charge in [-0.25, -0.2) is 10.0 Å². The quantitative estimate of drug-likeness (QED) is 0.585. The van der Waals surface area contributed by atoms with E-state index in [0.717, 1.165) is 19.0 Å². The maximum absolute atomic E-state index is 2.40. The molecule has 0 N–H and O–H groups in total. The van der Waals surface area contributed by atoms with Crippen LogP contribution in [0.2, 0.25) is 0 Å². The molecule has 0 spiro atoms. The van der Waals surface area contributed by atoms with Crippen molar-refractivity contribution in [2.45, 2.75) is 54.4 Å². The summed E-state index contributed by atoms with van der Waals surface area (Å²) in [6, 6.07) is 0. The summed E-state index contributed by atoms with van der Waals surface area (Å²) in [5.41, 5.74) is 0.490. The van der Waals surface area contributed by atoms with Crippen LogP contribution >= 0.6 is 0 Å². The van der Waals surface area contributed by atoms with Crippen molar-refractivity contribution in [1.82, 2.24) is 10.0 Å². The van der Waals surface area contributed by atoms with E-state index in [2.05, 4.69) is 58.6 Å². The van der Waals surface area contributed by atoms with Crippen LogP contribution in [0.4, 0.5) is 0 Å². The summed E-state index contributed by atoms with van der Waals surface area (Å²) >= 11 is 0. The van der Waals surface area contributed by atoms with Gasteiger partial charge in [0.2, 0.25) is 0 Å². The van der Waals surface area contributed by atoms with Gasteiger partial charge in [0.05, 0.1) is 0 Å². The Balaban J connectivity index is 4.08. The first-order chi connectivity index (χ1) is 7.36. The average molecular weight is 228 g/mol. The number of rotatable bonds is 8. The summed E-state index contributed by atoms with van der Waals surface area (Å²) in [6.45, 7) is 17.3. The van der Waals surface area contributed by atoms with Crippen LogP contribution in [0.15, 0.2) is 0 Å². The normalized spacial score (nSPS) is 14.8. The Morgan fingerprint density at radius 3 is 1.94 bits per heavy atom. The molecule has 0 fully saturated rings. The van der Waals surface area contributed by atoms with Crippen LogP contribution in [0.25, 0.3) is 0 Å². The molecule has 98 valence electrons. The van der Waals surface area contributed by atoms with E-state index >= 15 is 0 Å². The Labute approximate surface area is 103 Å². The van der Waals surface area contributed by atoms with Gasteiger partial charge in [0.1, 0.15) is 0 Å². The van der Waals surface area contributed by atoms with Crippen molar-refractivity contribution in [3.05, 3.63) is 0 Å². The Morgan fingerprint density at radius 2 is 1.56 bits per heavy atom. The molecule has 0 aliphatic carbocycles. The zero-order valence-corrected chi connectivity index (χ0v) is 12.5. The lowest BCUT2D eigenvalue weighted by atomic mass is 9.81. The summed E-state index contributed by atoms with van der Waals surface area (Å²) in [7, 11) is 2.21. The Morgan fingerprint density at radius 1 is 1.06 bits per heavy atom. The highest BCUT2D eigenvalue weighted by Gasteiger charge is 2.20. The minimum Gasteiger partial charge on any atom is -0.245 e. The van der Waals surface area contributed by atoms with Crippen molar-refractivity contribution < 1.29 is 0 Å². The second kappa shape index (κ2) is 7.29. The first-order valence-corrected chi connectivity index (χ1v) is 6.82. The lowest BCUT2D eigenvalue weighted by Crippen LogP contribution is -2.42. The first kappa shape index (κ1) is 15.9. The molecule has 0 aromatic rings. The van der Waals surface area contributed by atoms with E-state index < -0.39 is 0 Å². The van der Waals surface area contributed by atoms with Gasteiger partial charge in [-0.3, -0.25) is 0 Å². The Bertz CT molecular complexity index is 174. The lowest BCUT2D eigenvalue weighted by Gasteiger charge is -2.34. The van der Waals surface area contributed by atoms with Gasteiger partial charge in [0.15, 0.2) is 0 Å². The molecule has 1 atom stereocenters. The molecule has 0 amide bonds. The Hall–Kier alpha value is -0.0800. The van der Waals surface area contributed by atoms with Crippen LogP contribution < -0.4 is 0 Å². The second-order valence-corrected chi connectivity index (χ2v) is 5.81. The zero-order valence-electron chi connectivity index (χ0n) is 12.5. The molecule has 0 radical (unpaired) electrons. The van der Waals surface area contributed by atoms with Crippen molar-refractivity contribution in [1.29, 1.82) is 0 Å². The number of hydrogen-bond acceptors (Lipinski definition) is 2. The highest BCUT2D eigenvalue weighted by atomic mass is 15.6. The van der Waals surface area contributed by atoms with Crippen molar-refractivity contribution in [3.63, 3.8) is 0 Å². The fourth-order valence-corrected chi connectivity index (χ4v) is 2.43. The van der Waals surface area contributed by atoms with Crippen LogP contribution in [0.3, 0.4) is 0 Å². The third-order valence-corrected chi connectivity index (χ3v) is 3.65. The number of nitrogens with zero attached hydrogens (tertiary/aromatic N) is 2. The van der Waals surface area contributed by atoms with E-state index in [1.807, 2.05) is 0 Å². The fourth-order valence-electron chi connectivity index (χ4n) is 2.43. The summed E-state index contributed by atoms with van der Waals surface area (Å²) in [6.07, 6.45) is 2.58. The third kappa shape index (κ3) is 5.86. The van der Waals surface area contributed by atoms with Crippen LogP contribution in [0.5, 0.6) is 0 Å². The smallest absolute Gasteiger partial charge is 0.0156 e. The molecule has 2 heteroatoms. The number of hydrazine groups is 1. The molecule has 0 aliphatic rings. The largest absolute Gasteiger partial charge is 0.245 e. The summed E-state index contributed by atoms with van der Waals surface area (Å²) < 4.78 is 0. The van der Waals surface area contributed by atoms with E-state index in [0.29, 0.717) is 5.41 Å². The highest BCUT2D eigenvalue weighted by molar-refractivity contribution is 4.71. The van der Waals surface area contributed by atoms with E-state index in [1.54, 1.807) is 0 Å². The van der Waals surface area contributed by atoms with E-state index in [4.69, 9.17) is 0 Å². The van der Waals surface area contributed by atoms with E-state index in [1.165, 1.54) is 19.4 Å². The molecule has 1 unspecified atom stereocenters. The molecule has 0 aliphatic heterocycles. The van der Waals surface area contributed by atoms with Crippen LogP contribution in [0.1, 0.15) is 54.4 Å². The van der Waals surface area contributed by atoms with Gasteiger partial charge < -0.3 is 0 Å². The maximum atomic E-state index is 2.40. The lowest BCUT2D eigenvalue weighted by molar-refractivity contribution is -0.00638. The minimum atomic E-state index is 0.490. The predicted molar refractivity (Wildman–Crippen MR) is 73.4 cm³/mol. The molecule has 0 aromatic carbocycles. The van der Waals surface area contributed by atoms with Crippen LogP contribution in [0, 0.1) is 11.3 Å². The zero-order chi connectivity index (χ0) is 12.8. The molecule has 0 rings (SSSR count). The van der Waals surface area contributed by atoms with Gasteiger partial charge >= 0.3 is 0 Å². The molecule has 0 heterocycles. The van der Waals surface area contributed by atoms with Crippen LogP contribution in [-0.4, -0.2) is 36.7 Å². The molecule has 0 saturated heterocycles. The average Bonchev–Trinajstić information content (AvgIpc) is 2.18. The van der Waals surface area contributed by atoms with Crippen LogP contribution in [-0.2, 0) is 0 Å². The predicted octanol–water partition coefficient (Wildman–Crippen LogP) is 3.64. The van der Waals surface area contributed by atoms with Gasteiger partial charge in [-0.15, -0.1) is 0 Å². The molecule has 0 bridgehead atoms. The third-order valence-electron chi connectivity index (χ3n) is 3.65. The summed E-state index contributed by atoms with van der Waals surface area (Å²) in [5.74, 6) is 0.764. The fraction of sp³-hybridized carbons (Fsp3) is 1.00. The first-order valence-electron chi connectivity index (χ1n) is 6.82. The summed E-state index contributed by atoms with van der Waals surface area (Å²) in [4.78, 5) is 0. The van der Waals surface area contributed by atoms with Gasteiger partial charge in [-0.05, 0) is 17.8 Å². The van der Waals surface area contributed by atoms with Crippen molar-refractivity contribution >= 4 is 0 Å². The second-order valence-electron chi connectivity index (χ2n) is 5.81. The minimum absolute atomic E-state index is 0.490. The molecular formula is C14H32N2. The highest BCUT2D eigenvalue weighted by Crippen LogP contribution is 2.29. The topological polar surface area (TPSA) is 6.48 Å². The maximum Gasteiger partial charge on any atom is 0.0156 e. The molecular weight excluding hydrogens is 196 g/mol. The van der Waals surface area contributed by atoms with Crippen molar-refractivity contribution in [2.75, 3.05) is 26.7 Å². The standard InChI is InChI=1S/C14H32N2/c1-8-14(5,6)11-13(4)12-15(7)16(9-2)10-3/h13H,8-12H2,1-7H3. The van der Waals surface area contributed by atoms with Gasteiger partial charge in [-0.2, -0.15) is 0 Å². The van der Waals surface area contributed by atoms with Gasteiger partial charge in [0.25, 0.3) is 0 Å². The van der Waals surface area contributed by atoms with E-state index in [-0.39, 0.29) is 0 Å². The van der Waals surface area contributed by atoms with Gasteiger partial charge in [-0.1, -0.05) is 48.0 Å². The molecule has 16 heavy (non-hydrogen) atoms. The van der Waals surface area contributed by atoms with Crippen molar-refractivity contribution in [3.8, 4) is 0 Å². The monoisotopic (exact) mass is 228 g/mol. The summed E-state index contributed by atoms with van der Waals surface area (Å²) in [5, 5.41) is 4.78. The molecule has 0 saturated carbocycles. The molecule has 2 nitrogen and oxygen atoms in total. The number of hydrogen-bond donors (Lipinski definition) is 0. The van der Waals surface area contributed by atoms with E-state index in [9.17, 15) is 0 Å².